The van der Waals surface area contributed by atoms with E-state index in [1.807, 2.05) is 6.20 Å². The number of pyridine rings is 1. The summed E-state index contributed by atoms with van der Waals surface area (Å²) in [6.45, 7) is 1.96. The van der Waals surface area contributed by atoms with Gasteiger partial charge in [-0.15, -0.1) is 0 Å². The van der Waals surface area contributed by atoms with Gasteiger partial charge in [-0.3, -0.25) is 0 Å². The average Bonchev–Trinajstić information content (AvgIpc) is 3.03. The molecule has 1 aliphatic carbocycles. The monoisotopic (exact) mass is 400 g/mol. The molecule has 0 unspecified atom stereocenters. The van der Waals surface area contributed by atoms with Gasteiger partial charge in [-0.25, -0.2) is 15.0 Å². The van der Waals surface area contributed by atoms with Gasteiger partial charge < -0.3 is 10.6 Å². The van der Waals surface area contributed by atoms with E-state index < -0.39 is 0 Å². The number of anilines is 1. The smallest absolute Gasteiger partial charge is 0.147 e. The predicted molar refractivity (Wildman–Crippen MR) is 106 cm³/mol. The lowest BCUT2D eigenvalue weighted by atomic mass is 9.74. The third kappa shape index (κ3) is 3.62. The Bertz CT molecular complexity index is 857. The first-order chi connectivity index (χ1) is 13.1. The molecule has 0 radical (unpaired) electrons. The van der Waals surface area contributed by atoms with Gasteiger partial charge in [0.05, 0.1) is 12.4 Å². The summed E-state index contributed by atoms with van der Waals surface area (Å²) in [4.78, 5) is 16.1. The van der Waals surface area contributed by atoms with Crippen LogP contribution in [0.4, 0.5) is 5.82 Å². The SMILES string of the molecule is N#Cc1c(Sc2cnc(N3CCC4(CCC[C@H]4N)CC3)cn2)ccnc1Cl. The fourth-order valence-corrected chi connectivity index (χ4v) is 5.28. The van der Waals surface area contributed by atoms with Crippen LogP contribution in [0.1, 0.15) is 37.7 Å². The molecule has 2 N–H and O–H groups in total. The van der Waals surface area contributed by atoms with Crippen LogP contribution in [0.3, 0.4) is 0 Å². The first kappa shape index (κ1) is 18.5. The number of hydrogen-bond acceptors (Lipinski definition) is 7. The Morgan fingerprint density at radius 1 is 1.22 bits per heavy atom. The lowest BCUT2D eigenvalue weighted by Gasteiger charge is -2.42. The van der Waals surface area contributed by atoms with E-state index in [-0.39, 0.29) is 5.15 Å². The molecule has 2 fully saturated rings. The molecule has 1 atom stereocenters. The van der Waals surface area contributed by atoms with Crippen molar-refractivity contribution in [1.82, 2.24) is 15.0 Å². The second-order valence-electron chi connectivity index (χ2n) is 7.25. The van der Waals surface area contributed by atoms with Gasteiger partial charge in [-0.1, -0.05) is 29.8 Å². The number of hydrogen-bond donors (Lipinski definition) is 1. The summed E-state index contributed by atoms with van der Waals surface area (Å²) in [6.07, 6.45) is 11.1. The van der Waals surface area contributed by atoms with E-state index in [4.69, 9.17) is 17.3 Å². The first-order valence-electron chi connectivity index (χ1n) is 9.16. The van der Waals surface area contributed by atoms with Gasteiger partial charge in [0.15, 0.2) is 0 Å². The summed E-state index contributed by atoms with van der Waals surface area (Å²) in [5, 5.41) is 10.2. The van der Waals surface area contributed by atoms with Crippen LogP contribution in [0, 0.1) is 16.7 Å². The summed E-state index contributed by atoms with van der Waals surface area (Å²) in [5.41, 5.74) is 7.08. The van der Waals surface area contributed by atoms with E-state index in [1.165, 1.54) is 24.6 Å². The highest BCUT2D eigenvalue weighted by Gasteiger charge is 2.42. The van der Waals surface area contributed by atoms with Crippen LogP contribution >= 0.6 is 23.4 Å². The fourth-order valence-electron chi connectivity index (χ4n) is 4.21. The minimum absolute atomic E-state index is 0.208. The van der Waals surface area contributed by atoms with Crippen LogP contribution in [-0.4, -0.2) is 34.1 Å². The third-order valence-corrected chi connectivity index (χ3v) is 7.13. The van der Waals surface area contributed by atoms with E-state index in [2.05, 4.69) is 25.9 Å². The van der Waals surface area contributed by atoms with Gasteiger partial charge in [0.2, 0.25) is 0 Å². The summed E-state index contributed by atoms with van der Waals surface area (Å²) in [5.74, 6) is 0.897. The zero-order valence-electron chi connectivity index (χ0n) is 14.9. The maximum atomic E-state index is 9.26. The molecule has 1 saturated carbocycles. The molecule has 0 amide bonds. The molecule has 1 saturated heterocycles. The highest BCUT2D eigenvalue weighted by molar-refractivity contribution is 7.99. The molecular weight excluding hydrogens is 380 g/mol. The Hall–Kier alpha value is -1.88. The molecule has 3 heterocycles. The Morgan fingerprint density at radius 3 is 2.67 bits per heavy atom. The second-order valence-corrected chi connectivity index (χ2v) is 8.67. The number of nitrogens with zero attached hydrogens (tertiary/aromatic N) is 5. The van der Waals surface area contributed by atoms with E-state index >= 15 is 0 Å². The third-order valence-electron chi connectivity index (χ3n) is 5.87. The van der Waals surface area contributed by atoms with Crippen LogP contribution in [0.5, 0.6) is 0 Å². The number of nitriles is 1. The molecule has 6 nitrogen and oxygen atoms in total. The highest BCUT2D eigenvalue weighted by Crippen LogP contribution is 2.45. The highest BCUT2D eigenvalue weighted by atomic mass is 35.5. The van der Waals surface area contributed by atoms with Gasteiger partial charge in [0.1, 0.15) is 27.6 Å². The van der Waals surface area contributed by atoms with Gasteiger partial charge in [-0.05, 0) is 37.2 Å². The number of aromatic nitrogens is 3. The molecule has 2 aromatic rings. The second kappa shape index (κ2) is 7.63. The molecule has 1 spiro atoms. The van der Waals surface area contributed by atoms with Gasteiger partial charge >= 0.3 is 0 Å². The van der Waals surface area contributed by atoms with E-state index in [0.717, 1.165) is 48.1 Å². The van der Waals surface area contributed by atoms with Crippen molar-refractivity contribution in [1.29, 1.82) is 5.26 Å². The molecule has 8 heteroatoms. The summed E-state index contributed by atoms with van der Waals surface area (Å²) in [7, 11) is 0. The summed E-state index contributed by atoms with van der Waals surface area (Å²) in [6, 6.07) is 4.21. The molecule has 27 heavy (non-hydrogen) atoms. The molecule has 4 rings (SSSR count). The summed E-state index contributed by atoms with van der Waals surface area (Å²) >= 11 is 7.35. The predicted octanol–water partition coefficient (Wildman–Crippen LogP) is 3.65. The van der Waals surface area contributed by atoms with Crippen molar-refractivity contribution in [3.63, 3.8) is 0 Å². The minimum atomic E-state index is 0.208. The number of nitrogens with two attached hydrogens (primary N) is 1. The lowest BCUT2D eigenvalue weighted by molar-refractivity contribution is 0.197. The van der Waals surface area contributed by atoms with Gasteiger partial charge in [0, 0.05) is 30.2 Å². The molecular formula is C19H21ClN6S. The fraction of sp³-hybridized carbons (Fsp3) is 0.474. The lowest BCUT2D eigenvalue weighted by Crippen LogP contribution is -2.47. The van der Waals surface area contributed by atoms with E-state index in [9.17, 15) is 5.26 Å². The van der Waals surface area contributed by atoms with Crippen molar-refractivity contribution in [3.05, 3.63) is 35.4 Å². The largest absolute Gasteiger partial charge is 0.355 e. The van der Waals surface area contributed by atoms with Crippen molar-refractivity contribution in [2.24, 2.45) is 11.1 Å². The number of rotatable bonds is 3. The van der Waals surface area contributed by atoms with Crippen molar-refractivity contribution >= 4 is 29.2 Å². The maximum Gasteiger partial charge on any atom is 0.147 e. The van der Waals surface area contributed by atoms with Crippen molar-refractivity contribution in [3.8, 4) is 6.07 Å². The molecule has 2 aromatic heterocycles. The zero-order chi connectivity index (χ0) is 18.9. The van der Waals surface area contributed by atoms with E-state index in [1.54, 1.807) is 18.5 Å². The molecule has 2 aliphatic rings. The molecule has 140 valence electrons. The quantitative estimate of drug-likeness (QED) is 0.786. The molecule has 1 aliphatic heterocycles. The summed E-state index contributed by atoms with van der Waals surface area (Å²) < 4.78 is 0. The zero-order valence-corrected chi connectivity index (χ0v) is 16.5. The molecule has 0 aromatic carbocycles. The first-order valence-corrected chi connectivity index (χ1v) is 10.4. The van der Waals surface area contributed by atoms with Crippen LogP contribution in [0.25, 0.3) is 0 Å². The van der Waals surface area contributed by atoms with Crippen molar-refractivity contribution in [2.45, 2.75) is 48.1 Å². The van der Waals surface area contributed by atoms with Crippen molar-refractivity contribution in [2.75, 3.05) is 18.0 Å². The normalized spacial score (nSPS) is 21.4. The maximum absolute atomic E-state index is 9.26. The standard InChI is InChI=1S/C19H21ClN6S/c20-18-13(10-21)14(3-7-23-18)27-17-12-24-16(11-25-17)26-8-5-19(6-9-26)4-1-2-15(19)22/h3,7,11-12,15H,1-2,4-6,8-9,22H2/t15-/m1/s1. The van der Waals surface area contributed by atoms with E-state index in [0.29, 0.717) is 17.0 Å². The van der Waals surface area contributed by atoms with Crippen molar-refractivity contribution < 1.29 is 0 Å². The Balaban J connectivity index is 1.43. The van der Waals surface area contributed by atoms with Crippen LogP contribution in [-0.2, 0) is 0 Å². The average molecular weight is 401 g/mol. The van der Waals surface area contributed by atoms with Gasteiger partial charge in [0.25, 0.3) is 0 Å². The molecule has 0 bridgehead atoms. The Kier molecular flexibility index (Phi) is 5.22. The number of halogens is 1. The number of piperidine rings is 1. The Morgan fingerprint density at radius 2 is 2.04 bits per heavy atom. The Labute approximate surface area is 168 Å². The van der Waals surface area contributed by atoms with Gasteiger partial charge in [-0.2, -0.15) is 5.26 Å². The topological polar surface area (TPSA) is 91.7 Å². The van der Waals surface area contributed by atoms with Crippen LogP contribution in [0.15, 0.2) is 34.6 Å². The minimum Gasteiger partial charge on any atom is -0.355 e. The van der Waals surface area contributed by atoms with Crippen LogP contribution in [0.2, 0.25) is 5.15 Å². The van der Waals surface area contributed by atoms with Crippen LogP contribution < -0.4 is 10.6 Å².